The van der Waals surface area contributed by atoms with Crippen molar-refractivity contribution in [3.63, 3.8) is 0 Å². The van der Waals surface area contributed by atoms with E-state index in [1.165, 1.54) is 11.8 Å². The molecule has 126 valence electrons. The highest BCUT2D eigenvalue weighted by molar-refractivity contribution is 8.00. The lowest BCUT2D eigenvalue weighted by Gasteiger charge is -2.50. The van der Waals surface area contributed by atoms with Crippen molar-refractivity contribution in [2.75, 3.05) is 12.4 Å². The fraction of sp³-hybridized carbons (Fsp3) is 0.267. The quantitative estimate of drug-likeness (QED) is 0.715. The summed E-state index contributed by atoms with van der Waals surface area (Å²) in [5.74, 6) is -1.72. The number of nitrogens with zero attached hydrogens (tertiary/aromatic N) is 1. The predicted molar refractivity (Wildman–Crippen MR) is 84.8 cm³/mol. The second kappa shape index (κ2) is 6.74. The molecule has 2 unspecified atom stereocenters. The topological polar surface area (TPSA) is 98.8 Å². The Morgan fingerprint density at radius 3 is 2.75 bits per heavy atom. The first-order valence-corrected chi connectivity index (χ1v) is 8.43. The number of nitrogens with one attached hydrogen (secondary N) is 1. The van der Waals surface area contributed by atoms with E-state index >= 15 is 0 Å². The summed E-state index contributed by atoms with van der Waals surface area (Å²) in [6, 6.07) is 7.98. The summed E-state index contributed by atoms with van der Waals surface area (Å²) in [7, 11) is 0. The maximum absolute atomic E-state index is 12.1. The largest absolute Gasteiger partial charge is 0.543 e. The smallest absolute Gasteiger partial charge is 0.258 e. The molecule has 0 aromatic heterocycles. The van der Waals surface area contributed by atoms with Crippen LogP contribution in [0.15, 0.2) is 41.1 Å². The van der Waals surface area contributed by atoms with E-state index in [0.717, 1.165) is 4.90 Å². The molecule has 1 fully saturated rings. The van der Waals surface area contributed by atoms with Gasteiger partial charge < -0.3 is 20.0 Å². The van der Waals surface area contributed by atoms with Gasteiger partial charge in [0.15, 0.2) is 6.61 Å². The number of benzene rings is 1. The zero-order valence-electron chi connectivity index (χ0n) is 12.2. The molecule has 2 heterocycles. The zero-order valence-corrected chi connectivity index (χ0v) is 13.8. The van der Waals surface area contributed by atoms with E-state index in [2.05, 4.69) is 5.32 Å². The minimum atomic E-state index is -1.50. The second-order valence-corrected chi connectivity index (χ2v) is 6.66. The Bertz CT molecular complexity index is 724. The molecule has 2 atom stereocenters. The molecule has 3 rings (SSSR count). The standard InChI is InChI=1S/C15H13ClN2O5S/c16-9-7-24-14-11(13(20)18(14)12(9)15(21)22)17-10(19)6-23-8-4-2-1-3-5-8/h1-5,11,14H,6-7H2,(H,17,19)(H,21,22)/p-1. The van der Waals surface area contributed by atoms with Gasteiger partial charge in [0, 0.05) is 5.75 Å². The molecule has 1 N–H and O–H groups in total. The van der Waals surface area contributed by atoms with Crippen LogP contribution in [-0.2, 0) is 14.4 Å². The summed E-state index contributed by atoms with van der Waals surface area (Å²) in [4.78, 5) is 36.3. The Hall–Kier alpha value is -2.19. The molecule has 1 saturated heterocycles. The molecule has 0 spiro atoms. The molecule has 2 amide bonds. The average molecular weight is 368 g/mol. The first-order chi connectivity index (χ1) is 11.5. The van der Waals surface area contributed by atoms with E-state index in [4.69, 9.17) is 16.3 Å². The number of carbonyl (C=O) groups excluding carboxylic acids is 3. The van der Waals surface area contributed by atoms with Gasteiger partial charge in [-0.2, -0.15) is 0 Å². The number of aliphatic carboxylic acids is 1. The Morgan fingerprint density at radius 1 is 1.38 bits per heavy atom. The number of carboxylic acids is 1. The molecule has 0 aliphatic carbocycles. The van der Waals surface area contributed by atoms with Crippen molar-refractivity contribution in [1.82, 2.24) is 10.2 Å². The minimum absolute atomic E-state index is 0.0572. The van der Waals surface area contributed by atoms with Crippen molar-refractivity contribution in [2.24, 2.45) is 0 Å². The average Bonchev–Trinajstić information content (AvgIpc) is 2.58. The lowest BCUT2D eigenvalue weighted by atomic mass is 10.1. The van der Waals surface area contributed by atoms with Crippen LogP contribution in [0.3, 0.4) is 0 Å². The number of hydrogen-bond acceptors (Lipinski definition) is 6. The van der Waals surface area contributed by atoms with Crippen molar-refractivity contribution >= 4 is 41.1 Å². The molecule has 0 bridgehead atoms. The van der Waals surface area contributed by atoms with Gasteiger partial charge in [-0.25, -0.2) is 0 Å². The number of para-hydroxylation sites is 1. The van der Waals surface area contributed by atoms with Gasteiger partial charge in [-0.3, -0.25) is 14.5 Å². The van der Waals surface area contributed by atoms with Crippen molar-refractivity contribution in [3.8, 4) is 5.75 Å². The highest BCUT2D eigenvalue weighted by Crippen LogP contribution is 2.40. The predicted octanol–water partition coefficient (Wildman–Crippen LogP) is -0.334. The van der Waals surface area contributed by atoms with Crippen molar-refractivity contribution < 1.29 is 24.2 Å². The summed E-state index contributed by atoms with van der Waals surface area (Å²) < 4.78 is 5.31. The van der Waals surface area contributed by atoms with Crippen LogP contribution >= 0.6 is 23.4 Å². The molecule has 24 heavy (non-hydrogen) atoms. The zero-order chi connectivity index (χ0) is 17.3. The lowest BCUT2D eigenvalue weighted by Crippen LogP contribution is -2.71. The van der Waals surface area contributed by atoms with E-state index in [0.29, 0.717) is 5.75 Å². The van der Waals surface area contributed by atoms with E-state index in [9.17, 15) is 19.5 Å². The molecule has 9 heteroatoms. The van der Waals surface area contributed by atoms with Crippen LogP contribution in [0.1, 0.15) is 0 Å². The van der Waals surface area contributed by atoms with Crippen LogP contribution < -0.4 is 15.2 Å². The van der Waals surface area contributed by atoms with Gasteiger partial charge in [-0.1, -0.05) is 29.8 Å². The van der Waals surface area contributed by atoms with Crippen LogP contribution in [0.25, 0.3) is 0 Å². The van der Waals surface area contributed by atoms with E-state index in [1.54, 1.807) is 24.3 Å². The summed E-state index contributed by atoms with van der Waals surface area (Å²) in [5.41, 5.74) is -0.323. The Morgan fingerprint density at radius 2 is 2.08 bits per heavy atom. The number of halogens is 1. The first-order valence-electron chi connectivity index (χ1n) is 7.01. The van der Waals surface area contributed by atoms with Crippen molar-refractivity contribution in [3.05, 3.63) is 41.1 Å². The third-order valence-corrected chi connectivity index (χ3v) is 5.30. The van der Waals surface area contributed by atoms with Gasteiger partial charge in [-0.05, 0) is 12.1 Å². The minimum Gasteiger partial charge on any atom is -0.543 e. The normalized spacial score (nSPS) is 22.5. The number of carboxylic acid groups (broad SMARTS) is 1. The summed E-state index contributed by atoms with van der Waals surface area (Å²) in [6.45, 7) is -0.241. The van der Waals surface area contributed by atoms with E-state index in [1.807, 2.05) is 6.07 Å². The van der Waals surface area contributed by atoms with Gasteiger partial charge in [0.25, 0.3) is 11.8 Å². The number of thioether (sulfide) groups is 1. The number of ether oxygens (including phenoxy) is 1. The molecule has 1 aromatic rings. The highest BCUT2D eigenvalue weighted by Gasteiger charge is 2.52. The number of fused-ring (bicyclic) bond motifs is 1. The third-order valence-electron chi connectivity index (χ3n) is 3.54. The Kier molecular flexibility index (Phi) is 4.68. The molecule has 2 aliphatic rings. The van der Waals surface area contributed by atoms with Gasteiger partial charge in [-0.15, -0.1) is 11.8 Å². The maximum Gasteiger partial charge on any atom is 0.258 e. The third kappa shape index (κ3) is 3.07. The maximum atomic E-state index is 12.1. The monoisotopic (exact) mass is 367 g/mol. The molecule has 1 aromatic carbocycles. The lowest BCUT2D eigenvalue weighted by molar-refractivity contribution is -0.301. The molecule has 2 aliphatic heterocycles. The molecule has 0 radical (unpaired) electrons. The van der Waals surface area contributed by atoms with Crippen LogP contribution in [0, 0.1) is 0 Å². The molecular formula is C15H12ClN2O5S-. The van der Waals surface area contributed by atoms with Crippen LogP contribution in [0.2, 0.25) is 0 Å². The molecular weight excluding hydrogens is 356 g/mol. The fourth-order valence-electron chi connectivity index (χ4n) is 2.45. The van der Waals surface area contributed by atoms with Crippen LogP contribution in [0.5, 0.6) is 5.75 Å². The SMILES string of the molecule is O=C(COc1ccccc1)NC1C(=O)N2C(C(=O)[O-])=C(Cl)CSC12. The van der Waals surface area contributed by atoms with Gasteiger partial charge in [0.05, 0.1) is 16.7 Å². The second-order valence-electron chi connectivity index (χ2n) is 5.10. The summed E-state index contributed by atoms with van der Waals surface area (Å²) in [6.07, 6.45) is 0. The van der Waals surface area contributed by atoms with Crippen LogP contribution in [0.4, 0.5) is 0 Å². The fourth-order valence-corrected chi connectivity index (χ4v) is 4.00. The van der Waals surface area contributed by atoms with Crippen molar-refractivity contribution in [1.29, 1.82) is 0 Å². The van der Waals surface area contributed by atoms with Gasteiger partial charge in [0.2, 0.25) is 0 Å². The number of carbonyl (C=O) groups is 3. The first kappa shape index (κ1) is 16.7. The Balaban J connectivity index is 1.59. The van der Waals surface area contributed by atoms with Crippen LogP contribution in [-0.4, -0.2) is 46.5 Å². The summed E-state index contributed by atoms with van der Waals surface area (Å²) in [5, 5.41) is 13.2. The number of rotatable bonds is 5. The number of amides is 2. The highest BCUT2D eigenvalue weighted by atomic mass is 35.5. The summed E-state index contributed by atoms with van der Waals surface area (Å²) >= 11 is 7.12. The molecule has 7 nitrogen and oxygen atoms in total. The number of β-lactam (4-membered cyclic amide) rings is 1. The molecule has 0 saturated carbocycles. The van der Waals surface area contributed by atoms with E-state index in [-0.39, 0.29) is 23.1 Å². The number of hydrogen-bond donors (Lipinski definition) is 1. The van der Waals surface area contributed by atoms with Gasteiger partial charge in [0.1, 0.15) is 17.2 Å². The van der Waals surface area contributed by atoms with Gasteiger partial charge >= 0.3 is 0 Å². The van der Waals surface area contributed by atoms with E-state index < -0.39 is 29.2 Å². The Labute approximate surface area is 146 Å². The van der Waals surface area contributed by atoms with Crippen molar-refractivity contribution in [2.45, 2.75) is 11.4 Å².